The predicted molar refractivity (Wildman–Crippen MR) is 93.9 cm³/mol. The number of rotatable bonds is 5. The Morgan fingerprint density at radius 3 is 2.46 bits per heavy atom. The third kappa shape index (κ3) is 3.81. The van der Waals surface area contributed by atoms with Crippen LogP contribution in [0.15, 0.2) is 41.2 Å². The van der Waals surface area contributed by atoms with Gasteiger partial charge in [0.1, 0.15) is 5.75 Å². The second-order valence-electron chi connectivity index (χ2n) is 6.04. The van der Waals surface area contributed by atoms with Gasteiger partial charge in [0, 0.05) is 17.7 Å². The molecule has 0 unspecified atom stereocenters. The van der Waals surface area contributed by atoms with E-state index < -0.39 is 18.3 Å². The molecule has 0 aliphatic carbocycles. The first kappa shape index (κ1) is 22.0. The second-order valence-corrected chi connectivity index (χ2v) is 6.42. The molecule has 0 aliphatic heterocycles. The van der Waals surface area contributed by atoms with E-state index in [0.717, 1.165) is 0 Å². The van der Waals surface area contributed by atoms with Crippen LogP contribution in [0.4, 0.5) is 8.78 Å². The van der Waals surface area contributed by atoms with Crippen molar-refractivity contribution in [1.29, 1.82) is 0 Å². The Kier molecular flexibility index (Phi) is 6.60. The van der Waals surface area contributed by atoms with Crippen LogP contribution in [0.25, 0.3) is 16.7 Å². The largest absolute Gasteiger partial charge is 1.00 e. The van der Waals surface area contributed by atoms with E-state index in [2.05, 4.69) is 4.74 Å². The zero-order valence-electron chi connectivity index (χ0n) is 15.3. The maximum absolute atomic E-state index is 13.0. The number of aromatic carboxylic acids is 1. The zero-order valence-corrected chi connectivity index (χ0v) is 16.0. The van der Waals surface area contributed by atoms with Crippen LogP contribution in [0.1, 0.15) is 30.2 Å². The topological polar surface area (TPSA) is 76.3 Å². The summed E-state index contributed by atoms with van der Waals surface area (Å²) >= 11 is 6.24. The number of halogens is 3. The van der Waals surface area contributed by atoms with Crippen LogP contribution in [0.5, 0.6) is 5.75 Å². The van der Waals surface area contributed by atoms with Crippen molar-refractivity contribution in [3.05, 3.63) is 57.5 Å². The first-order valence-electron chi connectivity index (χ1n) is 7.94. The van der Waals surface area contributed by atoms with Gasteiger partial charge in [-0.25, -0.2) is 4.79 Å². The van der Waals surface area contributed by atoms with Crippen molar-refractivity contribution >= 4 is 28.6 Å². The Hall–Kier alpha value is -2.27. The predicted octanol–water partition coefficient (Wildman–Crippen LogP) is -0.00460. The van der Waals surface area contributed by atoms with Crippen LogP contribution in [0.2, 0.25) is 5.02 Å². The molecule has 0 N–H and O–H groups in total. The fourth-order valence-corrected chi connectivity index (χ4v) is 3.28. The fourth-order valence-electron chi connectivity index (χ4n) is 2.96. The Labute approximate surface area is 175 Å². The van der Waals surface area contributed by atoms with E-state index in [4.69, 9.17) is 11.6 Å². The molecule has 10 heteroatoms. The van der Waals surface area contributed by atoms with E-state index >= 15 is 0 Å². The van der Waals surface area contributed by atoms with Gasteiger partial charge >= 0.3 is 31.2 Å². The molecule has 3 rings (SSSR count). The molecule has 28 heavy (non-hydrogen) atoms. The SMILES string of the molecule is CC(C)n1c(=O)n(-c2cccc(OC(F)F)c2)c2ccc(C(=O)[O-])c(Cl)c21.[Li+]. The third-order valence-corrected chi connectivity index (χ3v) is 4.39. The number of carbonyl (C=O) groups excluding carboxylic acids is 1. The van der Waals surface area contributed by atoms with Crippen LogP contribution >= 0.6 is 11.6 Å². The average Bonchev–Trinajstić information content (AvgIpc) is 2.87. The quantitative estimate of drug-likeness (QED) is 0.563. The van der Waals surface area contributed by atoms with Gasteiger partial charge in [0.15, 0.2) is 0 Å². The number of carboxylic acid groups (broad SMARTS) is 1. The van der Waals surface area contributed by atoms with Crippen LogP contribution in [0, 0.1) is 0 Å². The molecule has 0 fully saturated rings. The molecule has 3 aromatic rings. The van der Waals surface area contributed by atoms with E-state index in [-0.39, 0.29) is 52.4 Å². The Morgan fingerprint density at radius 1 is 1.21 bits per heavy atom. The summed E-state index contributed by atoms with van der Waals surface area (Å²) < 4.78 is 32.0. The number of carboxylic acids is 1. The molecule has 2 aromatic carbocycles. The molecular formula is C18H14ClF2LiN2O4. The van der Waals surface area contributed by atoms with Crippen LogP contribution in [-0.2, 0) is 0 Å². The van der Waals surface area contributed by atoms with Gasteiger partial charge in [0.05, 0.1) is 27.7 Å². The molecule has 0 radical (unpaired) electrons. The van der Waals surface area contributed by atoms with E-state index in [1.54, 1.807) is 19.9 Å². The minimum atomic E-state index is -3.01. The summed E-state index contributed by atoms with van der Waals surface area (Å²) in [5.74, 6) is -1.58. The molecule has 0 spiro atoms. The average molecular weight is 403 g/mol. The summed E-state index contributed by atoms with van der Waals surface area (Å²) in [4.78, 5) is 24.3. The van der Waals surface area contributed by atoms with E-state index in [1.165, 1.54) is 39.5 Å². The van der Waals surface area contributed by atoms with E-state index in [0.29, 0.717) is 5.52 Å². The molecule has 0 saturated carbocycles. The van der Waals surface area contributed by atoms with Gasteiger partial charge in [-0.2, -0.15) is 8.78 Å². The number of ether oxygens (including phenoxy) is 1. The number of hydrogen-bond donors (Lipinski definition) is 0. The maximum atomic E-state index is 13.0. The van der Waals surface area contributed by atoms with Gasteiger partial charge in [-0.1, -0.05) is 17.7 Å². The molecule has 0 amide bonds. The summed E-state index contributed by atoms with van der Waals surface area (Å²) in [7, 11) is 0. The normalized spacial score (nSPS) is 11.1. The van der Waals surface area contributed by atoms with Crippen LogP contribution < -0.4 is 34.4 Å². The van der Waals surface area contributed by atoms with E-state index in [9.17, 15) is 23.5 Å². The number of carbonyl (C=O) groups is 1. The van der Waals surface area contributed by atoms with Gasteiger partial charge in [-0.15, -0.1) is 0 Å². The number of alkyl halides is 2. The number of benzene rings is 2. The maximum Gasteiger partial charge on any atom is 1.00 e. The first-order chi connectivity index (χ1) is 12.7. The second kappa shape index (κ2) is 8.39. The van der Waals surface area contributed by atoms with Crippen molar-refractivity contribution in [2.45, 2.75) is 26.5 Å². The number of hydrogen-bond acceptors (Lipinski definition) is 4. The van der Waals surface area contributed by atoms with Crippen molar-refractivity contribution in [3.63, 3.8) is 0 Å². The van der Waals surface area contributed by atoms with E-state index in [1.807, 2.05) is 0 Å². The Morgan fingerprint density at radius 2 is 1.89 bits per heavy atom. The third-order valence-electron chi connectivity index (χ3n) is 4.01. The fraction of sp³-hybridized carbons (Fsp3) is 0.222. The van der Waals surface area contributed by atoms with Crippen molar-refractivity contribution in [3.8, 4) is 11.4 Å². The molecule has 0 bridgehead atoms. The van der Waals surface area contributed by atoms with Gasteiger partial charge in [-0.3, -0.25) is 9.13 Å². The first-order valence-corrected chi connectivity index (χ1v) is 8.32. The van der Waals surface area contributed by atoms with Crippen molar-refractivity contribution in [1.82, 2.24) is 9.13 Å². The molecule has 6 nitrogen and oxygen atoms in total. The van der Waals surface area contributed by atoms with Gasteiger partial charge in [-0.05, 0) is 38.1 Å². The Bertz CT molecular complexity index is 1100. The van der Waals surface area contributed by atoms with Crippen molar-refractivity contribution in [2.75, 3.05) is 0 Å². The van der Waals surface area contributed by atoms with Crippen molar-refractivity contribution in [2.24, 2.45) is 0 Å². The molecule has 1 aromatic heterocycles. The summed E-state index contributed by atoms with van der Waals surface area (Å²) in [6, 6.07) is 7.96. The minimum Gasteiger partial charge on any atom is -0.545 e. The molecule has 1 heterocycles. The molecule has 0 aliphatic rings. The summed E-state index contributed by atoms with van der Waals surface area (Å²) in [6.45, 7) is 0.474. The van der Waals surface area contributed by atoms with Gasteiger partial charge in [0.2, 0.25) is 0 Å². The smallest absolute Gasteiger partial charge is 0.545 e. The summed E-state index contributed by atoms with van der Waals surface area (Å²) in [5, 5.41) is 11.2. The van der Waals surface area contributed by atoms with Crippen LogP contribution in [-0.4, -0.2) is 21.7 Å². The molecule has 0 atom stereocenters. The minimum absolute atomic E-state index is 0. The zero-order chi connectivity index (χ0) is 19.9. The number of fused-ring (bicyclic) bond motifs is 1. The number of aromatic nitrogens is 2. The molecule has 142 valence electrons. The number of imidazole rings is 1. The summed E-state index contributed by atoms with van der Waals surface area (Å²) in [6.07, 6.45) is 0. The molecule has 0 saturated heterocycles. The molecular weight excluding hydrogens is 389 g/mol. The van der Waals surface area contributed by atoms with Gasteiger partial charge < -0.3 is 14.6 Å². The standard InChI is InChI=1S/C18H15ClF2N2O4.Li/c1-9(2)22-15-13(7-6-12(14(15)19)16(24)25)23(18(22)26)10-4-3-5-11(8-10)27-17(20)21;/h3-9,17H,1-2H3,(H,24,25);/q;+1/p-1. The van der Waals surface area contributed by atoms with Crippen molar-refractivity contribution < 1.29 is 42.3 Å². The van der Waals surface area contributed by atoms with Gasteiger partial charge in [0.25, 0.3) is 0 Å². The summed E-state index contributed by atoms with van der Waals surface area (Å²) in [5.41, 5.74) is 0.0911. The monoisotopic (exact) mass is 402 g/mol. The number of nitrogens with zero attached hydrogens (tertiary/aromatic N) is 2. The van der Waals surface area contributed by atoms with Crippen LogP contribution in [0.3, 0.4) is 0 Å². The Balaban J connectivity index is 0.00000280.